The Bertz CT molecular complexity index is 1370. The van der Waals surface area contributed by atoms with Crippen LogP contribution in [0.5, 0.6) is 0 Å². The average Bonchev–Trinajstić information content (AvgIpc) is 2.83. The number of nitrogens with zero attached hydrogens (tertiary/aromatic N) is 2. The molecule has 1 amide bonds. The molecule has 0 aliphatic heterocycles. The molecule has 2 aromatic carbocycles. The van der Waals surface area contributed by atoms with Crippen LogP contribution in [0.15, 0.2) is 96.3 Å². The number of hydrogen-bond donors (Lipinski definition) is 2. The van der Waals surface area contributed by atoms with E-state index in [4.69, 9.17) is 0 Å². The first kappa shape index (κ1) is 22.2. The maximum absolute atomic E-state index is 12.6. The van der Waals surface area contributed by atoms with E-state index in [1.807, 2.05) is 37.3 Å². The highest BCUT2D eigenvalue weighted by molar-refractivity contribution is 7.92. The van der Waals surface area contributed by atoms with Crippen molar-refractivity contribution in [2.24, 2.45) is 0 Å². The molecule has 0 bridgehead atoms. The van der Waals surface area contributed by atoms with E-state index in [9.17, 15) is 13.2 Å². The fourth-order valence-electron chi connectivity index (χ4n) is 3.24. The van der Waals surface area contributed by atoms with Crippen LogP contribution in [0.3, 0.4) is 0 Å². The van der Waals surface area contributed by atoms with Crippen molar-refractivity contribution in [3.63, 3.8) is 0 Å². The molecule has 166 valence electrons. The third kappa shape index (κ3) is 5.61. The van der Waals surface area contributed by atoms with Crippen LogP contribution < -0.4 is 10.0 Å². The van der Waals surface area contributed by atoms with E-state index in [0.29, 0.717) is 17.8 Å². The Balaban J connectivity index is 1.39. The van der Waals surface area contributed by atoms with Gasteiger partial charge in [0.25, 0.3) is 15.9 Å². The largest absolute Gasteiger partial charge is 0.348 e. The monoisotopic (exact) mass is 458 g/mol. The van der Waals surface area contributed by atoms with E-state index in [2.05, 4.69) is 20.0 Å². The van der Waals surface area contributed by atoms with Gasteiger partial charge in [0, 0.05) is 41.9 Å². The minimum atomic E-state index is -3.70. The van der Waals surface area contributed by atoms with E-state index in [1.165, 1.54) is 6.07 Å². The molecular weight excluding hydrogens is 436 g/mol. The van der Waals surface area contributed by atoms with Gasteiger partial charge in [0.15, 0.2) is 0 Å². The number of nitrogens with one attached hydrogen (secondary N) is 2. The smallest absolute Gasteiger partial charge is 0.261 e. The summed E-state index contributed by atoms with van der Waals surface area (Å²) < 4.78 is 27.7. The number of carbonyl (C=O) groups is 1. The Hall–Kier alpha value is -4.04. The molecular formula is C25H22N4O3S. The van der Waals surface area contributed by atoms with Crippen molar-refractivity contribution in [1.29, 1.82) is 0 Å². The van der Waals surface area contributed by atoms with Crippen LogP contribution in [0, 0.1) is 6.92 Å². The van der Waals surface area contributed by atoms with Crippen LogP contribution in [0.2, 0.25) is 0 Å². The number of aromatic nitrogens is 2. The Morgan fingerprint density at radius 1 is 0.909 bits per heavy atom. The van der Waals surface area contributed by atoms with E-state index in [1.54, 1.807) is 55.0 Å². The van der Waals surface area contributed by atoms with Gasteiger partial charge in [-0.3, -0.25) is 19.5 Å². The highest BCUT2D eigenvalue weighted by atomic mass is 32.2. The van der Waals surface area contributed by atoms with Gasteiger partial charge < -0.3 is 5.32 Å². The number of hydrogen-bond acceptors (Lipinski definition) is 5. The zero-order valence-electron chi connectivity index (χ0n) is 17.9. The van der Waals surface area contributed by atoms with Crippen LogP contribution in [0.1, 0.15) is 21.5 Å². The molecule has 7 nitrogen and oxygen atoms in total. The third-order valence-corrected chi connectivity index (χ3v) is 6.33. The van der Waals surface area contributed by atoms with Gasteiger partial charge in [0.1, 0.15) is 0 Å². The summed E-state index contributed by atoms with van der Waals surface area (Å²) in [6, 6.07) is 20.5. The SMILES string of the molecule is Cc1cccc(S(=O)(=O)Nc2ccc(C(=O)NCc3ccnc(-c4ccncc4)c3)cc2)c1. The minimum absolute atomic E-state index is 0.188. The summed E-state index contributed by atoms with van der Waals surface area (Å²) in [6.45, 7) is 2.17. The fourth-order valence-corrected chi connectivity index (χ4v) is 4.40. The van der Waals surface area contributed by atoms with Gasteiger partial charge in [-0.25, -0.2) is 8.42 Å². The Kier molecular flexibility index (Phi) is 6.46. The first-order chi connectivity index (χ1) is 15.9. The van der Waals surface area contributed by atoms with Crippen LogP contribution in [0.25, 0.3) is 11.3 Å². The molecule has 0 radical (unpaired) electrons. The first-order valence-electron chi connectivity index (χ1n) is 10.2. The van der Waals surface area contributed by atoms with Crippen molar-refractivity contribution < 1.29 is 13.2 Å². The molecule has 0 fully saturated rings. The summed E-state index contributed by atoms with van der Waals surface area (Å²) in [6.07, 6.45) is 5.11. The molecule has 0 saturated carbocycles. The number of rotatable bonds is 7. The molecule has 0 spiro atoms. The molecule has 33 heavy (non-hydrogen) atoms. The number of sulfonamides is 1. The quantitative estimate of drug-likeness (QED) is 0.433. The van der Waals surface area contributed by atoms with Crippen molar-refractivity contribution in [2.45, 2.75) is 18.4 Å². The molecule has 0 aliphatic rings. The number of benzene rings is 2. The number of aryl methyl sites for hydroxylation is 1. The maximum atomic E-state index is 12.6. The lowest BCUT2D eigenvalue weighted by Gasteiger charge is -2.10. The Morgan fingerprint density at radius 3 is 2.39 bits per heavy atom. The van der Waals surface area contributed by atoms with Gasteiger partial charge in [0.05, 0.1) is 10.6 Å². The second-order valence-electron chi connectivity index (χ2n) is 7.47. The Morgan fingerprint density at radius 2 is 1.67 bits per heavy atom. The second kappa shape index (κ2) is 9.62. The lowest BCUT2D eigenvalue weighted by atomic mass is 10.1. The zero-order chi connectivity index (χ0) is 23.3. The highest BCUT2D eigenvalue weighted by Crippen LogP contribution is 2.19. The topological polar surface area (TPSA) is 101 Å². The molecule has 8 heteroatoms. The van der Waals surface area contributed by atoms with Gasteiger partial charge >= 0.3 is 0 Å². The van der Waals surface area contributed by atoms with Crippen molar-refractivity contribution >= 4 is 21.6 Å². The van der Waals surface area contributed by atoms with Crippen molar-refractivity contribution in [3.8, 4) is 11.3 Å². The summed E-state index contributed by atoms with van der Waals surface area (Å²) in [5, 5.41) is 2.88. The van der Waals surface area contributed by atoms with Crippen molar-refractivity contribution in [1.82, 2.24) is 15.3 Å². The van der Waals surface area contributed by atoms with Crippen LogP contribution in [-0.2, 0) is 16.6 Å². The number of amides is 1. The summed E-state index contributed by atoms with van der Waals surface area (Å²) >= 11 is 0. The minimum Gasteiger partial charge on any atom is -0.348 e. The predicted molar refractivity (Wildman–Crippen MR) is 127 cm³/mol. The summed E-state index contributed by atoms with van der Waals surface area (Å²) in [7, 11) is -3.70. The number of pyridine rings is 2. The van der Waals surface area contributed by atoms with E-state index < -0.39 is 10.0 Å². The molecule has 0 saturated heterocycles. The number of anilines is 1. The average molecular weight is 459 g/mol. The molecule has 2 aromatic heterocycles. The third-order valence-electron chi connectivity index (χ3n) is 4.95. The molecule has 2 N–H and O–H groups in total. The molecule has 0 aliphatic carbocycles. The van der Waals surface area contributed by atoms with E-state index >= 15 is 0 Å². The summed E-state index contributed by atoms with van der Waals surface area (Å²) in [5.74, 6) is -0.259. The summed E-state index contributed by atoms with van der Waals surface area (Å²) in [5.41, 5.74) is 4.32. The Labute approximate surface area is 192 Å². The molecule has 4 aromatic rings. The van der Waals surface area contributed by atoms with E-state index in [-0.39, 0.29) is 10.8 Å². The molecule has 2 heterocycles. The lowest BCUT2D eigenvalue weighted by molar-refractivity contribution is 0.0951. The second-order valence-corrected chi connectivity index (χ2v) is 9.15. The molecule has 0 atom stereocenters. The van der Waals surface area contributed by atoms with Gasteiger partial charge in [-0.15, -0.1) is 0 Å². The first-order valence-corrected chi connectivity index (χ1v) is 11.7. The van der Waals surface area contributed by atoms with Crippen LogP contribution >= 0.6 is 0 Å². The van der Waals surface area contributed by atoms with Gasteiger partial charge in [-0.05, 0) is 78.7 Å². The van der Waals surface area contributed by atoms with Gasteiger partial charge in [0.2, 0.25) is 0 Å². The van der Waals surface area contributed by atoms with Gasteiger partial charge in [-0.1, -0.05) is 12.1 Å². The zero-order valence-corrected chi connectivity index (χ0v) is 18.7. The van der Waals surface area contributed by atoms with E-state index in [0.717, 1.165) is 22.4 Å². The maximum Gasteiger partial charge on any atom is 0.261 e. The van der Waals surface area contributed by atoms with Crippen molar-refractivity contribution in [2.75, 3.05) is 4.72 Å². The highest BCUT2D eigenvalue weighted by Gasteiger charge is 2.14. The van der Waals surface area contributed by atoms with Gasteiger partial charge in [-0.2, -0.15) is 0 Å². The predicted octanol–water partition coefficient (Wildman–Crippen LogP) is 4.18. The molecule has 4 rings (SSSR count). The fraction of sp³-hybridized carbons (Fsp3) is 0.0800. The number of carbonyl (C=O) groups excluding carboxylic acids is 1. The summed E-state index contributed by atoms with van der Waals surface area (Å²) in [4.78, 5) is 21.1. The van der Waals surface area contributed by atoms with Crippen LogP contribution in [-0.4, -0.2) is 24.3 Å². The molecule has 0 unspecified atom stereocenters. The lowest BCUT2D eigenvalue weighted by Crippen LogP contribution is -2.22. The van der Waals surface area contributed by atoms with Crippen molar-refractivity contribution in [3.05, 3.63) is 108 Å². The van der Waals surface area contributed by atoms with Crippen LogP contribution in [0.4, 0.5) is 5.69 Å². The standard InChI is InChI=1S/C25H22N4O3S/c1-18-3-2-4-23(15-18)33(31,32)29-22-7-5-21(6-8-22)25(30)28-17-19-9-14-27-24(16-19)20-10-12-26-13-11-20/h2-16,29H,17H2,1H3,(H,28,30). The normalized spacial score (nSPS) is 11.1.